The van der Waals surface area contributed by atoms with Gasteiger partial charge in [0, 0.05) is 12.1 Å². The third-order valence-corrected chi connectivity index (χ3v) is 3.72. The molecule has 3 rings (SSSR count). The molecule has 0 atom stereocenters. The van der Waals surface area contributed by atoms with Crippen molar-refractivity contribution in [3.8, 4) is 11.4 Å². The third-order valence-electron chi connectivity index (χ3n) is 3.72. The highest BCUT2D eigenvalue weighted by Crippen LogP contribution is 2.26. The molecule has 94 valence electrons. The first-order valence-electron chi connectivity index (χ1n) is 6.75. The van der Waals surface area contributed by atoms with Crippen LogP contribution in [0.25, 0.3) is 11.4 Å². The molecule has 1 aliphatic rings. The molecule has 0 N–H and O–H groups in total. The number of hydrogen-bond acceptors (Lipinski definition) is 3. The zero-order chi connectivity index (χ0) is 12.2. The summed E-state index contributed by atoms with van der Waals surface area (Å²) in [7, 11) is 0. The molecule has 18 heavy (non-hydrogen) atoms. The minimum Gasteiger partial charge on any atom is -0.225 e. The van der Waals surface area contributed by atoms with Crippen molar-refractivity contribution < 1.29 is 0 Å². The summed E-state index contributed by atoms with van der Waals surface area (Å²) in [6.45, 7) is 0.956. The normalized spacial score (nSPS) is 16.9. The molecule has 0 bridgehead atoms. The average Bonchev–Trinajstić information content (AvgIpc) is 2.89. The second-order valence-electron chi connectivity index (χ2n) is 5.05. The molecule has 2 aromatic rings. The monoisotopic (exact) mass is 242 g/mol. The van der Waals surface area contributed by atoms with Crippen molar-refractivity contribution in [3.05, 3.63) is 30.3 Å². The minimum atomic E-state index is 0.740. The molecule has 1 aromatic heterocycles. The van der Waals surface area contributed by atoms with Gasteiger partial charge >= 0.3 is 0 Å². The van der Waals surface area contributed by atoms with Crippen LogP contribution in [0.15, 0.2) is 30.3 Å². The van der Waals surface area contributed by atoms with Gasteiger partial charge in [0.25, 0.3) is 0 Å². The van der Waals surface area contributed by atoms with Crippen LogP contribution in [0.5, 0.6) is 0 Å². The summed E-state index contributed by atoms with van der Waals surface area (Å²) in [5.74, 6) is 1.63. The summed E-state index contributed by atoms with van der Waals surface area (Å²) in [5.41, 5.74) is 1.10. The van der Waals surface area contributed by atoms with E-state index in [0.29, 0.717) is 0 Å². The Morgan fingerprint density at radius 1 is 1.06 bits per heavy atom. The standard InChI is InChI=1S/C14H18N4/c1-3-7-12(8-4-1)11-18-14(15-16-17-18)13-9-5-2-6-10-13/h2,5-6,9-10,12H,1,3-4,7-8,11H2. The molecular weight excluding hydrogens is 224 g/mol. The number of benzene rings is 1. The zero-order valence-electron chi connectivity index (χ0n) is 10.5. The molecule has 0 spiro atoms. The first-order chi connectivity index (χ1) is 8.93. The Balaban J connectivity index is 1.79. The van der Waals surface area contributed by atoms with E-state index in [1.807, 2.05) is 22.9 Å². The smallest absolute Gasteiger partial charge is 0.182 e. The highest BCUT2D eigenvalue weighted by atomic mass is 15.5. The van der Waals surface area contributed by atoms with Gasteiger partial charge in [0.2, 0.25) is 0 Å². The third kappa shape index (κ3) is 2.42. The van der Waals surface area contributed by atoms with Crippen LogP contribution in [-0.4, -0.2) is 20.2 Å². The second kappa shape index (κ2) is 5.29. The van der Waals surface area contributed by atoms with Crippen molar-refractivity contribution in [2.45, 2.75) is 38.6 Å². The van der Waals surface area contributed by atoms with E-state index in [1.54, 1.807) is 0 Å². The lowest BCUT2D eigenvalue weighted by atomic mass is 9.89. The van der Waals surface area contributed by atoms with E-state index in [1.165, 1.54) is 32.1 Å². The maximum Gasteiger partial charge on any atom is 0.182 e. The van der Waals surface area contributed by atoms with Crippen molar-refractivity contribution in [3.63, 3.8) is 0 Å². The molecule has 0 amide bonds. The highest BCUT2D eigenvalue weighted by Gasteiger charge is 2.17. The summed E-state index contributed by atoms with van der Waals surface area (Å²) in [5, 5.41) is 12.1. The summed E-state index contributed by atoms with van der Waals surface area (Å²) < 4.78 is 1.96. The molecule has 0 radical (unpaired) electrons. The van der Waals surface area contributed by atoms with Crippen LogP contribution in [0.4, 0.5) is 0 Å². The van der Waals surface area contributed by atoms with Crippen LogP contribution in [0.3, 0.4) is 0 Å². The van der Waals surface area contributed by atoms with E-state index in [9.17, 15) is 0 Å². The molecule has 1 saturated carbocycles. The van der Waals surface area contributed by atoms with Gasteiger partial charge in [0.05, 0.1) is 0 Å². The van der Waals surface area contributed by atoms with Crippen molar-refractivity contribution in [1.29, 1.82) is 0 Å². The fourth-order valence-corrected chi connectivity index (χ4v) is 2.74. The molecule has 1 aliphatic carbocycles. The molecule has 0 unspecified atom stereocenters. The Morgan fingerprint density at radius 2 is 1.83 bits per heavy atom. The Bertz CT molecular complexity index is 486. The second-order valence-corrected chi connectivity index (χ2v) is 5.05. The quantitative estimate of drug-likeness (QED) is 0.831. The van der Waals surface area contributed by atoms with E-state index >= 15 is 0 Å². The van der Waals surface area contributed by atoms with Crippen LogP contribution in [-0.2, 0) is 6.54 Å². The fourth-order valence-electron chi connectivity index (χ4n) is 2.74. The molecule has 1 fully saturated rings. The maximum atomic E-state index is 4.15. The predicted octanol–water partition coefficient (Wildman–Crippen LogP) is 2.92. The Labute approximate surface area is 107 Å². The Hall–Kier alpha value is -1.71. The summed E-state index contributed by atoms with van der Waals surface area (Å²) in [6.07, 6.45) is 6.72. The van der Waals surface area contributed by atoms with Crippen molar-refractivity contribution >= 4 is 0 Å². The predicted molar refractivity (Wildman–Crippen MR) is 69.8 cm³/mol. The van der Waals surface area contributed by atoms with E-state index in [0.717, 1.165) is 23.9 Å². The van der Waals surface area contributed by atoms with Crippen molar-refractivity contribution in [2.24, 2.45) is 5.92 Å². The first kappa shape index (κ1) is 11.4. The van der Waals surface area contributed by atoms with Gasteiger partial charge in [-0.15, -0.1) is 5.10 Å². The highest BCUT2D eigenvalue weighted by molar-refractivity contribution is 5.53. The topological polar surface area (TPSA) is 43.6 Å². The summed E-state index contributed by atoms with van der Waals surface area (Å²) >= 11 is 0. The average molecular weight is 242 g/mol. The molecule has 0 saturated heterocycles. The number of nitrogens with zero attached hydrogens (tertiary/aromatic N) is 4. The fraction of sp³-hybridized carbons (Fsp3) is 0.500. The van der Waals surface area contributed by atoms with Crippen molar-refractivity contribution in [2.75, 3.05) is 0 Å². The van der Waals surface area contributed by atoms with Gasteiger partial charge in [0.1, 0.15) is 0 Å². The van der Waals surface area contributed by atoms with Gasteiger partial charge in [-0.3, -0.25) is 0 Å². The van der Waals surface area contributed by atoms with Crippen LogP contribution >= 0.6 is 0 Å². The van der Waals surface area contributed by atoms with E-state index < -0.39 is 0 Å². The lowest BCUT2D eigenvalue weighted by Gasteiger charge is -2.21. The first-order valence-corrected chi connectivity index (χ1v) is 6.75. The largest absolute Gasteiger partial charge is 0.225 e. The SMILES string of the molecule is c1ccc(-c2nnnn2CC2CCCCC2)cc1. The summed E-state index contributed by atoms with van der Waals surface area (Å²) in [6, 6.07) is 10.2. The van der Waals surface area contributed by atoms with Gasteiger partial charge < -0.3 is 0 Å². The molecule has 4 nitrogen and oxygen atoms in total. The zero-order valence-corrected chi connectivity index (χ0v) is 10.5. The molecule has 1 aromatic carbocycles. The van der Waals surface area contributed by atoms with Gasteiger partial charge in [0.15, 0.2) is 5.82 Å². The number of hydrogen-bond donors (Lipinski definition) is 0. The minimum absolute atomic E-state index is 0.740. The van der Waals surface area contributed by atoms with Crippen LogP contribution in [0, 0.1) is 5.92 Å². The van der Waals surface area contributed by atoms with Crippen molar-refractivity contribution in [1.82, 2.24) is 20.2 Å². The van der Waals surface area contributed by atoms with Crippen LogP contribution in [0.1, 0.15) is 32.1 Å². The molecule has 4 heteroatoms. The Kier molecular flexibility index (Phi) is 3.35. The lowest BCUT2D eigenvalue weighted by molar-refractivity contribution is 0.307. The maximum absolute atomic E-state index is 4.15. The molecule has 0 aliphatic heterocycles. The van der Waals surface area contributed by atoms with Crippen LogP contribution in [0.2, 0.25) is 0 Å². The van der Waals surface area contributed by atoms with E-state index in [2.05, 4.69) is 27.7 Å². The van der Waals surface area contributed by atoms with Gasteiger partial charge in [-0.25, -0.2) is 4.68 Å². The molecule has 1 heterocycles. The summed E-state index contributed by atoms with van der Waals surface area (Å²) in [4.78, 5) is 0. The Morgan fingerprint density at radius 3 is 2.61 bits per heavy atom. The number of rotatable bonds is 3. The lowest BCUT2D eigenvalue weighted by Crippen LogP contribution is -2.16. The number of aromatic nitrogens is 4. The van der Waals surface area contributed by atoms with Crippen LogP contribution < -0.4 is 0 Å². The van der Waals surface area contributed by atoms with Gasteiger partial charge in [-0.1, -0.05) is 49.6 Å². The van der Waals surface area contributed by atoms with E-state index in [4.69, 9.17) is 0 Å². The molecular formula is C14H18N4. The van der Waals surface area contributed by atoms with E-state index in [-0.39, 0.29) is 0 Å². The number of tetrazole rings is 1. The van der Waals surface area contributed by atoms with Gasteiger partial charge in [-0.05, 0) is 29.2 Å². The van der Waals surface area contributed by atoms with Gasteiger partial charge in [-0.2, -0.15) is 0 Å².